The lowest BCUT2D eigenvalue weighted by atomic mass is 10.3. The van der Waals surface area contributed by atoms with E-state index in [4.69, 9.17) is 0 Å². The third-order valence-corrected chi connectivity index (χ3v) is 2.08. The van der Waals surface area contributed by atoms with Crippen molar-refractivity contribution < 1.29 is 31.1 Å². The van der Waals surface area contributed by atoms with Gasteiger partial charge in [0.05, 0.1) is 0 Å². The highest BCUT2D eigenvalue weighted by atomic mass is 19.4. The first-order valence-corrected chi connectivity index (χ1v) is 5.43. The summed E-state index contributed by atoms with van der Waals surface area (Å²) >= 11 is 0. The number of aryl methyl sites for hydroxylation is 1. The van der Waals surface area contributed by atoms with Gasteiger partial charge in [0.15, 0.2) is 0 Å². The first-order valence-electron chi connectivity index (χ1n) is 5.43. The molecule has 0 aliphatic carbocycles. The van der Waals surface area contributed by atoms with Crippen LogP contribution in [0.25, 0.3) is 0 Å². The molecule has 20 heavy (non-hydrogen) atoms. The van der Waals surface area contributed by atoms with Gasteiger partial charge >= 0.3 is 12.4 Å². The SMILES string of the molecule is CCNc1ncc(C)c(OC(C(F)(F)F)C(F)(F)F)n1. The van der Waals surface area contributed by atoms with Gasteiger partial charge in [-0.05, 0) is 13.8 Å². The zero-order valence-electron chi connectivity index (χ0n) is 10.4. The lowest BCUT2D eigenvalue weighted by molar-refractivity contribution is -0.300. The Morgan fingerprint density at radius 3 is 2.20 bits per heavy atom. The summed E-state index contributed by atoms with van der Waals surface area (Å²) < 4.78 is 78.3. The van der Waals surface area contributed by atoms with E-state index in [-0.39, 0.29) is 11.5 Å². The number of ether oxygens (including phenoxy) is 1. The van der Waals surface area contributed by atoms with Crippen LogP contribution in [0, 0.1) is 6.92 Å². The molecule has 0 bridgehead atoms. The number of aromatic nitrogens is 2. The van der Waals surface area contributed by atoms with Crippen molar-refractivity contribution >= 4 is 5.95 Å². The predicted octanol–water partition coefficient (Wildman–Crippen LogP) is 3.09. The van der Waals surface area contributed by atoms with Crippen molar-refractivity contribution in [2.24, 2.45) is 0 Å². The molecule has 1 aromatic heterocycles. The molecule has 0 saturated carbocycles. The zero-order valence-corrected chi connectivity index (χ0v) is 10.4. The van der Waals surface area contributed by atoms with E-state index in [1.807, 2.05) is 0 Å². The highest BCUT2D eigenvalue weighted by Gasteiger charge is 2.59. The molecule has 1 rings (SSSR count). The van der Waals surface area contributed by atoms with E-state index in [2.05, 4.69) is 20.0 Å². The van der Waals surface area contributed by atoms with Gasteiger partial charge in [0.25, 0.3) is 6.10 Å². The minimum absolute atomic E-state index is 0.0369. The van der Waals surface area contributed by atoms with Crippen LogP contribution in [0.1, 0.15) is 12.5 Å². The summed E-state index contributed by atoms with van der Waals surface area (Å²) in [6, 6.07) is 0. The first kappa shape index (κ1) is 16.3. The fraction of sp³-hybridized carbons (Fsp3) is 0.600. The monoisotopic (exact) mass is 303 g/mol. The number of rotatable bonds is 4. The van der Waals surface area contributed by atoms with Crippen LogP contribution < -0.4 is 10.1 Å². The Bertz CT molecular complexity index is 445. The lowest BCUT2D eigenvalue weighted by Gasteiger charge is -2.24. The van der Waals surface area contributed by atoms with Crippen molar-refractivity contribution in [1.29, 1.82) is 0 Å². The van der Waals surface area contributed by atoms with E-state index >= 15 is 0 Å². The first-order chi connectivity index (χ1) is 9.05. The molecule has 10 heteroatoms. The Kier molecular flexibility index (Phi) is 4.66. The summed E-state index contributed by atoms with van der Waals surface area (Å²) in [5.41, 5.74) is -0.0369. The minimum atomic E-state index is -5.59. The van der Waals surface area contributed by atoms with E-state index in [9.17, 15) is 26.3 Å². The second-order valence-corrected chi connectivity index (χ2v) is 3.79. The van der Waals surface area contributed by atoms with Crippen LogP contribution in [0.3, 0.4) is 0 Å². The van der Waals surface area contributed by atoms with Crippen LogP contribution >= 0.6 is 0 Å². The second-order valence-electron chi connectivity index (χ2n) is 3.79. The number of nitrogens with one attached hydrogen (secondary N) is 1. The van der Waals surface area contributed by atoms with Crippen LogP contribution in [0.5, 0.6) is 5.88 Å². The fourth-order valence-corrected chi connectivity index (χ4v) is 1.22. The smallest absolute Gasteiger partial charge is 0.434 e. The van der Waals surface area contributed by atoms with Gasteiger partial charge in [-0.2, -0.15) is 31.3 Å². The Hall–Kier alpha value is -1.74. The molecule has 0 aliphatic rings. The summed E-state index contributed by atoms with van der Waals surface area (Å²) in [6.07, 6.45) is -14.0. The van der Waals surface area contributed by atoms with Gasteiger partial charge in [0, 0.05) is 18.3 Å². The normalized spacial score (nSPS) is 12.7. The Balaban J connectivity index is 3.08. The number of nitrogens with zero attached hydrogens (tertiary/aromatic N) is 2. The highest BCUT2D eigenvalue weighted by molar-refractivity contribution is 5.32. The van der Waals surface area contributed by atoms with Crippen molar-refractivity contribution in [2.75, 3.05) is 11.9 Å². The summed E-state index contributed by atoms with van der Waals surface area (Å²) in [7, 11) is 0. The molecule has 0 radical (unpaired) electrons. The topological polar surface area (TPSA) is 47.0 Å². The fourth-order valence-electron chi connectivity index (χ4n) is 1.22. The van der Waals surface area contributed by atoms with Gasteiger partial charge in [0.1, 0.15) is 0 Å². The van der Waals surface area contributed by atoms with Gasteiger partial charge < -0.3 is 10.1 Å². The summed E-state index contributed by atoms with van der Waals surface area (Å²) in [5.74, 6) is -0.883. The molecular formula is C10H11F6N3O. The maximum atomic E-state index is 12.4. The van der Waals surface area contributed by atoms with E-state index in [1.165, 1.54) is 6.92 Å². The molecule has 0 atom stereocenters. The van der Waals surface area contributed by atoms with Gasteiger partial charge in [-0.25, -0.2) is 4.98 Å². The van der Waals surface area contributed by atoms with Gasteiger partial charge in [-0.3, -0.25) is 0 Å². The molecule has 0 unspecified atom stereocenters. The molecule has 1 aromatic rings. The quantitative estimate of drug-likeness (QED) is 0.868. The van der Waals surface area contributed by atoms with Crippen molar-refractivity contribution in [3.05, 3.63) is 11.8 Å². The summed E-state index contributed by atoms with van der Waals surface area (Å²) in [6.45, 7) is 3.26. The zero-order chi connectivity index (χ0) is 15.6. The van der Waals surface area contributed by atoms with Crippen LogP contribution in [-0.2, 0) is 0 Å². The average Bonchev–Trinajstić information content (AvgIpc) is 2.26. The third kappa shape index (κ3) is 4.14. The molecule has 4 nitrogen and oxygen atoms in total. The molecule has 1 N–H and O–H groups in total. The Morgan fingerprint density at radius 2 is 1.75 bits per heavy atom. The standard InChI is InChI=1S/C10H11F6N3O/c1-3-17-8-18-4-5(2)6(19-8)20-7(9(11,12)13)10(14,15)16/h4,7H,3H2,1-2H3,(H,17,18,19). The Labute approximate surface area is 110 Å². The van der Waals surface area contributed by atoms with Crippen LogP contribution in [0.15, 0.2) is 6.20 Å². The molecule has 0 amide bonds. The Morgan fingerprint density at radius 1 is 1.20 bits per heavy atom. The molecular weight excluding hydrogens is 292 g/mol. The molecule has 114 valence electrons. The highest BCUT2D eigenvalue weighted by Crippen LogP contribution is 2.36. The molecule has 0 fully saturated rings. The summed E-state index contributed by atoms with van der Waals surface area (Å²) in [4.78, 5) is 7.18. The molecule has 0 saturated heterocycles. The average molecular weight is 303 g/mol. The maximum absolute atomic E-state index is 12.4. The molecule has 0 aromatic carbocycles. The molecule has 0 spiro atoms. The van der Waals surface area contributed by atoms with Gasteiger partial charge in [-0.1, -0.05) is 0 Å². The largest absolute Gasteiger partial charge is 0.454 e. The van der Waals surface area contributed by atoms with Crippen molar-refractivity contribution in [2.45, 2.75) is 32.3 Å². The van der Waals surface area contributed by atoms with Crippen LogP contribution in [0.2, 0.25) is 0 Å². The molecule has 1 heterocycles. The maximum Gasteiger partial charge on any atom is 0.434 e. The van der Waals surface area contributed by atoms with Crippen LogP contribution in [-0.4, -0.2) is 35.0 Å². The number of halogens is 6. The minimum Gasteiger partial charge on any atom is -0.454 e. The van der Waals surface area contributed by atoms with Gasteiger partial charge in [-0.15, -0.1) is 0 Å². The van der Waals surface area contributed by atoms with Crippen molar-refractivity contribution in [3.63, 3.8) is 0 Å². The van der Waals surface area contributed by atoms with Gasteiger partial charge in [0.2, 0.25) is 11.8 Å². The lowest BCUT2D eigenvalue weighted by Crippen LogP contribution is -2.46. The van der Waals surface area contributed by atoms with Crippen molar-refractivity contribution in [1.82, 2.24) is 9.97 Å². The van der Waals surface area contributed by atoms with E-state index in [0.29, 0.717) is 6.54 Å². The van der Waals surface area contributed by atoms with Crippen LogP contribution in [0.4, 0.5) is 32.3 Å². The van der Waals surface area contributed by atoms with E-state index < -0.39 is 24.3 Å². The van der Waals surface area contributed by atoms with E-state index in [0.717, 1.165) is 6.20 Å². The number of hydrogen-bond donors (Lipinski definition) is 1. The number of alkyl halides is 6. The second kappa shape index (κ2) is 5.71. The third-order valence-electron chi connectivity index (χ3n) is 2.08. The number of anilines is 1. The van der Waals surface area contributed by atoms with Crippen molar-refractivity contribution in [3.8, 4) is 5.88 Å². The summed E-state index contributed by atoms with van der Waals surface area (Å²) in [5, 5.41) is 2.56. The van der Waals surface area contributed by atoms with E-state index in [1.54, 1.807) is 6.92 Å². The number of hydrogen-bond acceptors (Lipinski definition) is 4. The molecule has 0 aliphatic heterocycles. The predicted molar refractivity (Wildman–Crippen MR) is 57.5 cm³/mol.